The van der Waals surface area contributed by atoms with Gasteiger partial charge in [0.25, 0.3) is 11.6 Å². The predicted molar refractivity (Wildman–Crippen MR) is 102 cm³/mol. The Bertz CT molecular complexity index is 853. The summed E-state index contributed by atoms with van der Waals surface area (Å²) in [7, 11) is 0. The molecule has 144 valence electrons. The van der Waals surface area contributed by atoms with Gasteiger partial charge in [0.05, 0.1) is 10.6 Å². The van der Waals surface area contributed by atoms with Crippen molar-refractivity contribution < 1.29 is 9.72 Å². The van der Waals surface area contributed by atoms with Crippen LogP contribution < -0.4 is 0 Å². The van der Waals surface area contributed by atoms with E-state index in [-0.39, 0.29) is 11.6 Å². The van der Waals surface area contributed by atoms with Gasteiger partial charge in [0.2, 0.25) is 0 Å². The highest BCUT2D eigenvalue weighted by Crippen LogP contribution is 2.21. The van der Waals surface area contributed by atoms with E-state index >= 15 is 0 Å². The summed E-state index contributed by atoms with van der Waals surface area (Å²) >= 11 is 0. The van der Waals surface area contributed by atoms with Crippen molar-refractivity contribution >= 4 is 11.6 Å². The van der Waals surface area contributed by atoms with Gasteiger partial charge in [-0.1, -0.05) is 6.07 Å². The summed E-state index contributed by atoms with van der Waals surface area (Å²) in [6.07, 6.45) is 2.08. The third-order valence-electron chi connectivity index (χ3n) is 5.08. The number of nitro benzene ring substituents is 1. The zero-order valence-corrected chi connectivity index (χ0v) is 16.0. The average molecular weight is 371 g/mol. The van der Waals surface area contributed by atoms with Crippen molar-refractivity contribution in [3.8, 4) is 0 Å². The molecule has 0 spiro atoms. The van der Waals surface area contributed by atoms with Gasteiger partial charge in [-0.05, 0) is 26.8 Å². The number of carbonyl (C=O) groups excluding carboxylic acids is 1. The number of benzene rings is 1. The molecule has 0 atom stereocenters. The maximum atomic E-state index is 12.7. The highest BCUT2D eigenvalue weighted by Gasteiger charge is 2.24. The van der Waals surface area contributed by atoms with E-state index in [1.807, 2.05) is 11.6 Å². The molecule has 0 bridgehead atoms. The first-order chi connectivity index (χ1) is 12.9. The summed E-state index contributed by atoms with van der Waals surface area (Å²) < 4.78 is 1.94. The largest absolute Gasteiger partial charge is 0.336 e. The molecule has 0 aliphatic carbocycles. The van der Waals surface area contributed by atoms with Gasteiger partial charge in [-0.15, -0.1) is 0 Å². The Morgan fingerprint density at radius 1 is 1.22 bits per heavy atom. The van der Waals surface area contributed by atoms with Crippen molar-refractivity contribution in [2.45, 2.75) is 33.9 Å². The smallest absolute Gasteiger partial charge is 0.273 e. The number of aromatic nitrogens is 2. The lowest BCUT2D eigenvalue weighted by Crippen LogP contribution is -2.48. The van der Waals surface area contributed by atoms with Crippen LogP contribution in [0.25, 0.3) is 0 Å². The second-order valence-corrected chi connectivity index (χ2v) is 6.92. The third kappa shape index (κ3) is 4.16. The van der Waals surface area contributed by atoms with Crippen LogP contribution in [0, 0.1) is 24.0 Å². The van der Waals surface area contributed by atoms with Gasteiger partial charge in [-0.2, -0.15) is 5.10 Å². The van der Waals surface area contributed by atoms with Crippen LogP contribution in [0.4, 0.5) is 5.69 Å². The molecule has 1 aromatic heterocycles. The van der Waals surface area contributed by atoms with E-state index in [2.05, 4.69) is 23.1 Å². The summed E-state index contributed by atoms with van der Waals surface area (Å²) in [6.45, 7) is 10.2. The fourth-order valence-electron chi connectivity index (χ4n) is 3.35. The van der Waals surface area contributed by atoms with Gasteiger partial charge in [-0.25, -0.2) is 0 Å². The number of piperazine rings is 1. The number of aryl methyl sites for hydroxylation is 3. The van der Waals surface area contributed by atoms with Crippen molar-refractivity contribution in [3.63, 3.8) is 0 Å². The fraction of sp³-hybridized carbons (Fsp3) is 0.474. The number of hydrogen-bond acceptors (Lipinski definition) is 5. The van der Waals surface area contributed by atoms with Crippen molar-refractivity contribution in [1.29, 1.82) is 0 Å². The number of carbonyl (C=O) groups is 1. The molecule has 27 heavy (non-hydrogen) atoms. The van der Waals surface area contributed by atoms with E-state index in [1.54, 1.807) is 24.0 Å². The molecule has 0 unspecified atom stereocenters. The molecule has 0 radical (unpaired) electrons. The monoisotopic (exact) mass is 371 g/mol. The average Bonchev–Trinajstić information content (AvgIpc) is 3.01. The molecule has 1 fully saturated rings. The molecule has 8 heteroatoms. The van der Waals surface area contributed by atoms with Crippen LogP contribution in [-0.4, -0.2) is 56.6 Å². The minimum Gasteiger partial charge on any atom is -0.336 e. The van der Waals surface area contributed by atoms with Gasteiger partial charge >= 0.3 is 0 Å². The Morgan fingerprint density at radius 2 is 1.93 bits per heavy atom. The van der Waals surface area contributed by atoms with E-state index in [1.165, 1.54) is 11.6 Å². The fourth-order valence-corrected chi connectivity index (χ4v) is 3.35. The van der Waals surface area contributed by atoms with E-state index in [9.17, 15) is 14.9 Å². The molecule has 1 aliphatic heterocycles. The van der Waals surface area contributed by atoms with Crippen LogP contribution in [0.15, 0.2) is 24.4 Å². The first-order valence-electron chi connectivity index (χ1n) is 9.18. The second-order valence-electron chi connectivity index (χ2n) is 6.92. The highest BCUT2D eigenvalue weighted by atomic mass is 16.6. The Kier molecular flexibility index (Phi) is 5.55. The first-order valence-corrected chi connectivity index (χ1v) is 9.18. The number of nitrogens with zero attached hydrogens (tertiary/aromatic N) is 5. The molecular formula is C19H25N5O3. The SMILES string of the molecule is CCn1cc(CN2CCN(C(=O)c3ccc(C)c([N+](=O)[O-])c3)CC2)c(C)n1. The Morgan fingerprint density at radius 3 is 2.52 bits per heavy atom. The molecule has 1 amide bonds. The third-order valence-corrected chi connectivity index (χ3v) is 5.08. The van der Waals surface area contributed by atoms with Crippen molar-refractivity contribution in [2.75, 3.05) is 26.2 Å². The van der Waals surface area contributed by atoms with E-state index in [0.29, 0.717) is 24.2 Å². The lowest BCUT2D eigenvalue weighted by Gasteiger charge is -2.34. The minimum atomic E-state index is -0.442. The van der Waals surface area contributed by atoms with Gasteiger partial charge in [0.15, 0.2) is 0 Å². The maximum Gasteiger partial charge on any atom is 0.273 e. The standard InChI is InChI=1S/C19H25N5O3/c1-4-23-13-17(15(3)20-23)12-21-7-9-22(10-8-21)19(25)16-6-5-14(2)18(11-16)24(26)27/h5-6,11,13H,4,7-10,12H2,1-3H3. The molecular weight excluding hydrogens is 346 g/mol. The summed E-state index contributed by atoms with van der Waals surface area (Å²) in [5.74, 6) is -0.146. The van der Waals surface area contributed by atoms with Crippen LogP contribution in [0.3, 0.4) is 0 Å². The van der Waals surface area contributed by atoms with Crippen LogP contribution >= 0.6 is 0 Å². The maximum absolute atomic E-state index is 12.7. The van der Waals surface area contributed by atoms with Crippen LogP contribution in [0.1, 0.15) is 34.1 Å². The van der Waals surface area contributed by atoms with Gasteiger partial charge < -0.3 is 4.90 Å². The van der Waals surface area contributed by atoms with Crippen LogP contribution in [-0.2, 0) is 13.1 Å². The number of nitro groups is 1. The lowest BCUT2D eigenvalue weighted by atomic mass is 10.1. The van der Waals surface area contributed by atoms with Gasteiger partial charge in [0.1, 0.15) is 0 Å². The van der Waals surface area contributed by atoms with Crippen LogP contribution in [0.2, 0.25) is 0 Å². The molecule has 1 aromatic carbocycles. The second kappa shape index (κ2) is 7.87. The van der Waals surface area contributed by atoms with Gasteiger partial charge in [-0.3, -0.25) is 24.5 Å². The van der Waals surface area contributed by atoms with Gasteiger partial charge in [0, 0.05) is 68.2 Å². The molecule has 1 aliphatic rings. The Balaban J connectivity index is 1.61. The minimum absolute atomic E-state index is 0.0112. The zero-order chi connectivity index (χ0) is 19.6. The van der Waals surface area contributed by atoms with E-state index in [4.69, 9.17) is 0 Å². The predicted octanol–water partition coefficient (Wildman–Crippen LogP) is 2.39. The lowest BCUT2D eigenvalue weighted by molar-refractivity contribution is -0.385. The van der Waals surface area contributed by atoms with Crippen LogP contribution in [0.5, 0.6) is 0 Å². The summed E-state index contributed by atoms with van der Waals surface area (Å²) in [5.41, 5.74) is 3.18. The number of rotatable bonds is 5. The number of hydrogen-bond donors (Lipinski definition) is 0. The normalized spacial score (nSPS) is 15.1. The molecule has 2 heterocycles. The number of amides is 1. The quantitative estimate of drug-likeness (QED) is 0.595. The molecule has 0 saturated carbocycles. The van der Waals surface area contributed by atoms with Crippen molar-refractivity contribution in [2.24, 2.45) is 0 Å². The molecule has 1 saturated heterocycles. The highest BCUT2D eigenvalue weighted by molar-refractivity contribution is 5.95. The summed E-state index contributed by atoms with van der Waals surface area (Å²) in [4.78, 5) is 27.5. The zero-order valence-electron chi connectivity index (χ0n) is 16.0. The summed E-state index contributed by atoms with van der Waals surface area (Å²) in [6, 6.07) is 4.68. The van der Waals surface area contributed by atoms with E-state index < -0.39 is 4.92 Å². The summed E-state index contributed by atoms with van der Waals surface area (Å²) in [5, 5.41) is 15.6. The Labute approximate surface area is 158 Å². The first kappa shape index (κ1) is 19.0. The van der Waals surface area contributed by atoms with E-state index in [0.717, 1.165) is 31.9 Å². The van der Waals surface area contributed by atoms with Crippen molar-refractivity contribution in [3.05, 3.63) is 56.9 Å². The molecule has 3 rings (SSSR count). The molecule has 0 N–H and O–H groups in total. The topological polar surface area (TPSA) is 84.5 Å². The van der Waals surface area contributed by atoms with Crippen molar-refractivity contribution in [1.82, 2.24) is 19.6 Å². The Hall–Kier alpha value is -2.74. The molecule has 8 nitrogen and oxygen atoms in total. The molecule has 2 aromatic rings.